The predicted octanol–water partition coefficient (Wildman–Crippen LogP) is 0.944. The largest absolute Gasteiger partial charge is 0.405 e. The second kappa shape index (κ2) is 6.78. The van der Waals surface area contributed by atoms with E-state index in [4.69, 9.17) is 5.73 Å². The molecule has 1 rings (SSSR count). The number of hydrogen-bond donors (Lipinski definition) is 3. The van der Waals surface area contributed by atoms with Gasteiger partial charge in [-0.15, -0.1) is 0 Å². The number of hydrogen-bond acceptors (Lipinski definition) is 2. The lowest BCUT2D eigenvalue weighted by Crippen LogP contribution is -2.51. The lowest BCUT2D eigenvalue weighted by atomic mass is 10.1. The number of primary amides is 1. The molecule has 4 N–H and O–H groups in total. The number of carbonyl (C=O) groups excluding carboxylic acids is 2. The molecule has 20 heavy (non-hydrogen) atoms. The molecule has 3 amide bonds. The van der Waals surface area contributed by atoms with Crippen LogP contribution in [0.3, 0.4) is 0 Å². The van der Waals surface area contributed by atoms with Crippen molar-refractivity contribution in [2.45, 2.75) is 18.6 Å². The van der Waals surface area contributed by atoms with Gasteiger partial charge in [0.1, 0.15) is 12.6 Å². The Balaban J connectivity index is 2.68. The first-order valence-corrected chi connectivity index (χ1v) is 5.72. The summed E-state index contributed by atoms with van der Waals surface area (Å²) in [4.78, 5) is 22.5. The van der Waals surface area contributed by atoms with Crippen molar-refractivity contribution < 1.29 is 22.8 Å². The van der Waals surface area contributed by atoms with E-state index in [-0.39, 0.29) is 6.42 Å². The van der Waals surface area contributed by atoms with Crippen LogP contribution in [-0.2, 0) is 11.2 Å². The summed E-state index contributed by atoms with van der Waals surface area (Å²) in [5.41, 5.74) is 5.60. The highest BCUT2D eigenvalue weighted by Gasteiger charge is 2.30. The number of nitrogens with two attached hydrogens (primary N) is 1. The van der Waals surface area contributed by atoms with Gasteiger partial charge in [0.2, 0.25) is 5.91 Å². The van der Waals surface area contributed by atoms with E-state index in [1.165, 1.54) is 0 Å². The summed E-state index contributed by atoms with van der Waals surface area (Å²) < 4.78 is 36.1. The fraction of sp³-hybridized carbons (Fsp3) is 0.333. The molecule has 0 spiro atoms. The van der Waals surface area contributed by atoms with Gasteiger partial charge >= 0.3 is 12.2 Å². The molecule has 1 aromatic carbocycles. The molecule has 0 saturated heterocycles. The van der Waals surface area contributed by atoms with Crippen LogP contribution >= 0.6 is 0 Å². The molecule has 8 heteroatoms. The van der Waals surface area contributed by atoms with Crippen molar-refractivity contribution in [1.82, 2.24) is 10.6 Å². The maximum Gasteiger partial charge on any atom is 0.405 e. The number of rotatable bonds is 5. The average Bonchev–Trinajstić information content (AvgIpc) is 2.35. The van der Waals surface area contributed by atoms with E-state index in [2.05, 4.69) is 5.32 Å². The van der Waals surface area contributed by atoms with Crippen LogP contribution in [0.25, 0.3) is 0 Å². The number of alkyl halides is 3. The molecule has 0 heterocycles. The maximum atomic E-state index is 12.0. The van der Waals surface area contributed by atoms with E-state index in [0.29, 0.717) is 5.56 Å². The Morgan fingerprint density at radius 3 is 2.30 bits per heavy atom. The monoisotopic (exact) mass is 289 g/mol. The first-order chi connectivity index (χ1) is 9.28. The highest BCUT2D eigenvalue weighted by molar-refractivity contribution is 5.86. The molecular formula is C12H14F3N3O2. The summed E-state index contributed by atoms with van der Waals surface area (Å²) in [6.45, 7) is -1.46. The van der Waals surface area contributed by atoms with Crippen LogP contribution in [0, 0.1) is 0 Å². The average molecular weight is 289 g/mol. The summed E-state index contributed by atoms with van der Waals surface area (Å²) in [7, 11) is 0. The Morgan fingerprint density at radius 2 is 1.80 bits per heavy atom. The Hall–Kier alpha value is -2.25. The molecule has 5 nitrogen and oxygen atoms in total. The van der Waals surface area contributed by atoms with Crippen LogP contribution in [0.5, 0.6) is 0 Å². The van der Waals surface area contributed by atoms with Crippen LogP contribution in [0.1, 0.15) is 5.56 Å². The van der Waals surface area contributed by atoms with Crippen LogP contribution < -0.4 is 16.4 Å². The SMILES string of the molecule is NC(=O)N[C@@H](Cc1ccccc1)C(=O)NCC(F)(F)F. The maximum absolute atomic E-state index is 12.0. The highest BCUT2D eigenvalue weighted by Crippen LogP contribution is 2.12. The normalized spacial score (nSPS) is 12.6. The van der Waals surface area contributed by atoms with Gasteiger partial charge in [0.05, 0.1) is 0 Å². The zero-order valence-electron chi connectivity index (χ0n) is 10.4. The van der Waals surface area contributed by atoms with Gasteiger partial charge in [0.25, 0.3) is 0 Å². The van der Waals surface area contributed by atoms with Crippen molar-refractivity contribution in [3.8, 4) is 0 Å². The van der Waals surface area contributed by atoms with Gasteiger partial charge in [-0.25, -0.2) is 4.79 Å². The topological polar surface area (TPSA) is 84.2 Å². The Kier molecular flexibility index (Phi) is 5.36. The van der Waals surface area contributed by atoms with Crippen LogP contribution in [-0.4, -0.2) is 30.7 Å². The van der Waals surface area contributed by atoms with Crippen molar-refractivity contribution >= 4 is 11.9 Å². The van der Waals surface area contributed by atoms with Crippen LogP contribution in [0.2, 0.25) is 0 Å². The minimum atomic E-state index is -4.51. The second-order valence-electron chi connectivity index (χ2n) is 4.08. The first-order valence-electron chi connectivity index (χ1n) is 5.72. The van der Waals surface area contributed by atoms with Crippen molar-refractivity contribution in [2.75, 3.05) is 6.54 Å². The molecule has 0 radical (unpaired) electrons. The Morgan fingerprint density at radius 1 is 1.20 bits per heavy atom. The molecule has 0 aliphatic carbocycles. The minimum Gasteiger partial charge on any atom is -0.352 e. The van der Waals surface area contributed by atoms with E-state index in [1.54, 1.807) is 35.6 Å². The summed E-state index contributed by atoms with van der Waals surface area (Å²) in [6.07, 6.45) is -4.47. The van der Waals surface area contributed by atoms with E-state index < -0.39 is 30.7 Å². The molecule has 0 fully saturated rings. The fourth-order valence-electron chi connectivity index (χ4n) is 1.54. The Labute approximate surface area is 113 Å². The molecule has 0 aliphatic rings. The number of carbonyl (C=O) groups is 2. The molecule has 0 unspecified atom stereocenters. The molecule has 0 aromatic heterocycles. The fourth-order valence-corrected chi connectivity index (χ4v) is 1.54. The van der Waals surface area contributed by atoms with Gasteiger partial charge in [0, 0.05) is 6.42 Å². The molecule has 0 saturated carbocycles. The number of halogens is 3. The number of nitrogens with one attached hydrogen (secondary N) is 2. The van der Waals surface area contributed by atoms with E-state index in [1.807, 2.05) is 0 Å². The smallest absolute Gasteiger partial charge is 0.352 e. The summed E-state index contributed by atoms with van der Waals surface area (Å²) in [5.74, 6) is -0.940. The van der Waals surface area contributed by atoms with Crippen LogP contribution in [0.15, 0.2) is 30.3 Å². The summed E-state index contributed by atoms with van der Waals surface area (Å²) in [6, 6.07) is 6.42. The number of benzene rings is 1. The zero-order valence-corrected chi connectivity index (χ0v) is 10.4. The Bertz CT molecular complexity index is 463. The van der Waals surface area contributed by atoms with Gasteiger partial charge in [-0.1, -0.05) is 30.3 Å². The quantitative estimate of drug-likeness (QED) is 0.754. The lowest BCUT2D eigenvalue weighted by Gasteiger charge is -2.18. The van der Waals surface area contributed by atoms with Gasteiger partial charge in [-0.2, -0.15) is 13.2 Å². The molecule has 1 atom stereocenters. The van der Waals surface area contributed by atoms with Crippen molar-refractivity contribution in [2.24, 2.45) is 5.73 Å². The summed E-state index contributed by atoms with van der Waals surface area (Å²) >= 11 is 0. The van der Waals surface area contributed by atoms with Crippen LogP contribution in [0.4, 0.5) is 18.0 Å². The summed E-state index contributed by atoms with van der Waals surface area (Å²) in [5, 5.41) is 3.84. The number of amides is 3. The van der Waals surface area contributed by atoms with E-state index in [0.717, 1.165) is 0 Å². The predicted molar refractivity (Wildman–Crippen MR) is 65.7 cm³/mol. The third kappa shape index (κ3) is 6.07. The minimum absolute atomic E-state index is 0.0491. The standard InChI is InChI=1S/C12H14F3N3O2/c13-12(14,15)7-17-10(19)9(18-11(16)20)6-8-4-2-1-3-5-8/h1-5,9H,6-7H2,(H,17,19)(H3,16,18,20)/t9-/m0/s1. The number of urea groups is 1. The molecule has 1 aromatic rings. The van der Waals surface area contributed by atoms with Crippen molar-refractivity contribution in [3.05, 3.63) is 35.9 Å². The molecule has 110 valence electrons. The van der Waals surface area contributed by atoms with E-state index in [9.17, 15) is 22.8 Å². The third-order valence-corrected chi connectivity index (χ3v) is 2.38. The zero-order chi connectivity index (χ0) is 15.2. The second-order valence-corrected chi connectivity index (χ2v) is 4.08. The third-order valence-electron chi connectivity index (χ3n) is 2.38. The van der Waals surface area contributed by atoms with Gasteiger partial charge < -0.3 is 16.4 Å². The molecule has 0 bridgehead atoms. The van der Waals surface area contributed by atoms with Gasteiger partial charge in [-0.3, -0.25) is 4.79 Å². The van der Waals surface area contributed by atoms with Gasteiger partial charge in [0.15, 0.2) is 0 Å². The lowest BCUT2D eigenvalue weighted by molar-refractivity contribution is -0.139. The first kappa shape index (κ1) is 15.8. The molecule has 0 aliphatic heterocycles. The molecular weight excluding hydrogens is 275 g/mol. The van der Waals surface area contributed by atoms with Gasteiger partial charge in [-0.05, 0) is 5.56 Å². The highest BCUT2D eigenvalue weighted by atomic mass is 19.4. The van der Waals surface area contributed by atoms with Crippen molar-refractivity contribution in [3.63, 3.8) is 0 Å². The van der Waals surface area contributed by atoms with E-state index >= 15 is 0 Å². The van der Waals surface area contributed by atoms with Crippen molar-refractivity contribution in [1.29, 1.82) is 0 Å².